The first-order valence-electron chi connectivity index (χ1n) is 7.61. The molecule has 2 aromatic rings. The quantitative estimate of drug-likeness (QED) is 0.932. The molecule has 2 fully saturated rings. The van der Waals surface area contributed by atoms with Gasteiger partial charge in [0, 0.05) is 37.1 Å². The molecule has 0 amide bonds. The predicted molar refractivity (Wildman–Crippen MR) is 81.2 cm³/mol. The van der Waals surface area contributed by atoms with Crippen LogP contribution in [0.1, 0.15) is 18.5 Å². The molecule has 1 aromatic heterocycles. The largest absolute Gasteiger partial charge is 0.497 e. The molecule has 0 spiro atoms. The number of aromatic amines is 1. The lowest BCUT2D eigenvalue weighted by Gasteiger charge is -2.36. The maximum Gasteiger partial charge on any atom is 0.121 e. The molecular weight excluding hydrogens is 264 g/mol. The second kappa shape index (κ2) is 5.31. The zero-order valence-electron chi connectivity index (χ0n) is 12.3. The molecule has 2 saturated heterocycles. The SMILES string of the molecule is COc1ccc2c([C]N3CCN4CCCC4C3)n[nH]c2c1. The molecule has 21 heavy (non-hydrogen) atoms. The molecule has 5 nitrogen and oxygen atoms in total. The van der Waals surface area contributed by atoms with Crippen molar-refractivity contribution in [3.63, 3.8) is 0 Å². The van der Waals surface area contributed by atoms with Crippen molar-refractivity contribution in [3.05, 3.63) is 30.4 Å². The van der Waals surface area contributed by atoms with Gasteiger partial charge in [0.2, 0.25) is 0 Å². The molecule has 1 unspecified atom stereocenters. The van der Waals surface area contributed by atoms with Crippen LogP contribution in [0.15, 0.2) is 18.2 Å². The second-order valence-corrected chi connectivity index (χ2v) is 5.87. The Morgan fingerprint density at radius 2 is 2.29 bits per heavy atom. The van der Waals surface area contributed by atoms with E-state index in [9.17, 15) is 0 Å². The maximum absolute atomic E-state index is 5.24. The molecule has 2 aliphatic rings. The highest BCUT2D eigenvalue weighted by atomic mass is 16.5. The zero-order valence-corrected chi connectivity index (χ0v) is 12.3. The van der Waals surface area contributed by atoms with E-state index in [1.54, 1.807) is 7.11 Å². The van der Waals surface area contributed by atoms with Gasteiger partial charge < -0.3 is 4.74 Å². The van der Waals surface area contributed by atoms with Gasteiger partial charge >= 0.3 is 0 Å². The van der Waals surface area contributed by atoms with Crippen LogP contribution >= 0.6 is 0 Å². The third kappa shape index (κ3) is 2.40. The number of nitrogens with zero attached hydrogens (tertiary/aromatic N) is 3. The Labute approximate surface area is 124 Å². The van der Waals surface area contributed by atoms with E-state index in [0.29, 0.717) is 6.04 Å². The van der Waals surface area contributed by atoms with Gasteiger partial charge in [-0.2, -0.15) is 5.10 Å². The molecule has 2 radical (unpaired) electrons. The van der Waals surface area contributed by atoms with Crippen molar-refractivity contribution in [2.24, 2.45) is 0 Å². The van der Waals surface area contributed by atoms with Crippen LogP contribution < -0.4 is 4.74 Å². The fourth-order valence-corrected chi connectivity index (χ4v) is 3.45. The van der Waals surface area contributed by atoms with E-state index < -0.39 is 0 Å². The number of rotatable bonds is 3. The molecule has 1 aromatic carbocycles. The van der Waals surface area contributed by atoms with Gasteiger partial charge in [-0.1, -0.05) is 0 Å². The summed E-state index contributed by atoms with van der Waals surface area (Å²) in [5, 5.41) is 8.57. The van der Waals surface area contributed by atoms with Gasteiger partial charge in [-0.05, 0) is 31.5 Å². The summed E-state index contributed by atoms with van der Waals surface area (Å²) in [7, 11) is 1.68. The van der Waals surface area contributed by atoms with E-state index in [0.717, 1.165) is 42.0 Å². The van der Waals surface area contributed by atoms with Crippen molar-refractivity contribution in [3.8, 4) is 5.75 Å². The summed E-state index contributed by atoms with van der Waals surface area (Å²) in [5.74, 6) is 0.845. The monoisotopic (exact) mass is 284 g/mol. The summed E-state index contributed by atoms with van der Waals surface area (Å²) >= 11 is 0. The van der Waals surface area contributed by atoms with E-state index in [4.69, 9.17) is 4.74 Å². The van der Waals surface area contributed by atoms with Gasteiger partial charge in [-0.25, -0.2) is 0 Å². The molecule has 0 aliphatic carbocycles. The fraction of sp³-hybridized carbons (Fsp3) is 0.500. The highest BCUT2D eigenvalue weighted by Crippen LogP contribution is 2.26. The number of aromatic nitrogens is 2. The van der Waals surface area contributed by atoms with Crippen molar-refractivity contribution in [2.45, 2.75) is 18.9 Å². The van der Waals surface area contributed by atoms with E-state index in [1.165, 1.54) is 19.4 Å². The number of nitrogens with one attached hydrogen (secondary N) is 1. The first-order chi connectivity index (χ1) is 10.3. The van der Waals surface area contributed by atoms with Crippen LogP contribution in [0.4, 0.5) is 0 Å². The lowest BCUT2D eigenvalue weighted by molar-refractivity contribution is 0.128. The lowest BCUT2D eigenvalue weighted by Crippen LogP contribution is -2.49. The minimum atomic E-state index is 0.705. The Hall–Kier alpha value is -1.59. The first-order valence-corrected chi connectivity index (χ1v) is 7.61. The average Bonchev–Trinajstić information content (AvgIpc) is 3.13. The number of hydrogen-bond acceptors (Lipinski definition) is 4. The van der Waals surface area contributed by atoms with Crippen LogP contribution in [0.5, 0.6) is 5.75 Å². The molecule has 1 N–H and O–H groups in total. The number of benzene rings is 1. The van der Waals surface area contributed by atoms with Crippen LogP contribution in [0.2, 0.25) is 0 Å². The number of piperazine rings is 1. The highest BCUT2D eigenvalue weighted by Gasteiger charge is 2.31. The van der Waals surface area contributed by atoms with Crippen molar-refractivity contribution in [1.29, 1.82) is 0 Å². The Kier molecular flexibility index (Phi) is 3.31. The van der Waals surface area contributed by atoms with Crippen LogP contribution in [-0.4, -0.2) is 59.3 Å². The topological polar surface area (TPSA) is 44.4 Å². The molecular formula is C16H20N4O. The van der Waals surface area contributed by atoms with Gasteiger partial charge in [0.25, 0.3) is 0 Å². The van der Waals surface area contributed by atoms with Gasteiger partial charge in [0.05, 0.1) is 18.3 Å². The van der Waals surface area contributed by atoms with Crippen LogP contribution in [0.3, 0.4) is 0 Å². The smallest absolute Gasteiger partial charge is 0.121 e. The number of methoxy groups -OCH3 is 1. The minimum absolute atomic E-state index is 0.705. The van der Waals surface area contributed by atoms with Crippen molar-refractivity contribution >= 4 is 10.9 Å². The standard InChI is InChI=1S/C16H20N4O/c1-21-13-4-5-14-15(9-13)17-18-16(14)11-19-7-8-20-6-2-3-12(20)10-19/h4-5,9,12H,2-3,6-8,10H2,1H3,(H,17,18). The summed E-state index contributed by atoms with van der Waals surface area (Å²) in [5.41, 5.74) is 1.90. The summed E-state index contributed by atoms with van der Waals surface area (Å²) in [4.78, 5) is 4.90. The van der Waals surface area contributed by atoms with Gasteiger partial charge in [0.15, 0.2) is 0 Å². The molecule has 1 atom stereocenters. The normalized spacial score (nSPS) is 23.6. The molecule has 5 heteroatoms. The Morgan fingerprint density at radius 3 is 3.19 bits per heavy atom. The molecule has 3 heterocycles. The molecule has 4 rings (SSSR count). The van der Waals surface area contributed by atoms with E-state index >= 15 is 0 Å². The minimum Gasteiger partial charge on any atom is -0.497 e. The fourth-order valence-electron chi connectivity index (χ4n) is 3.45. The summed E-state index contributed by atoms with van der Waals surface area (Å²) in [6.45, 7) is 8.01. The van der Waals surface area contributed by atoms with Crippen LogP contribution in [0.25, 0.3) is 10.9 Å². The molecule has 0 saturated carbocycles. The summed E-state index contributed by atoms with van der Waals surface area (Å²) in [6.07, 6.45) is 2.65. The van der Waals surface area contributed by atoms with Crippen molar-refractivity contribution < 1.29 is 4.74 Å². The zero-order chi connectivity index (χ0) is 14.2. The number of fused-ring (bicyclic) bond motifs is 2. The number of hydrogen-bond donors (Lipinski definition) is 1. The third-order valence-electron chi connectivity index (χ3n) is 4.62. The van der Waals surface area contributed by atoms with Gasteiger partial charge in [-0.15, -0.1) is 0 Å². The van der Waals surface area contributed by atoms with E-state index in [1.807, 2.05) is 18.2 Å². The molecule has 110 valence electrons. The third-order valence-corrected chi connectivity index (χ3v) is 4.62. The molecule has 0 bridgehead atoms. The Balaban J connectivity index is 1.52. The number of ether oxygens (including phenoxy) is 1. The summed E-state index contributed by atoms with van der Waals surface area (Å²) < 4.78 is 5.24. The first kappa shape index (κ1) is 13.1. The summed E-state index contributed by atoms with van der Waals surface area (Å²) in [6, 6.07) is 6.70. The van der Waals surface area contributed by atoms with Crippen molar-refractivity contribution in [1.82, 2.24) is 20.0 Å². The number of H-pyrrole nitrogens is 1. The predicted octanol–water partition coefficient (Wildman–Crippen LogP) is 1.74. The van der Waals surface area contributed by atoms with E-state index in [-0.39, 0.29) is 0 Å². The van der Waals surface area contributed by atoms with Crippen LogP contribution in [0, 0.1) is 6.54 Å². The van der Waals surface area contributed by atoms with Crippen LogP contribution in [-0.2, 0) is 0 Å². The average molecular weight is 284 g/mol. The molecule has 2 aliphatic heterocycles. The lowest BCUT2D eigenvalue weighted by atomic mass is 10.1. The maximum atomic E-state index is 5.24. The van der Waals surface area contributed by atoms with E-state index in [2.05, 4.69) is 26.5 Å². The Morgan fingerprint density at radius 1 is 1.33 bits per heavy atom. The second-order valence-electron chi connectivity index (χ2n) is 5.87. The van der Waals surface area contributed by atoms with Gasteiger partial charge in [-0.3, -0.25) is 14.9 Å². The van der Waals surface area contributed by atoms with Gasteiger partial charge in [0.1, 0.15) is 12.3 Å². The highest BCUT2D eigenvalue weighted by molar-refractivity contribution is 5.83. The van der Waals surface area contributed by atoms with Crippen molar-refractivity contribution in [2.75, 3.05) is 33.3 Å². The Bertz CT molecular complexity index is 638.